The molecule has 0 saturated carbocycles. The minimum atomic E-state index is -0.864. The molecule has 0 bridgehead atoms. The lowest BCUT2D eigenvalue weighted by molar-refractivity contribution is -0.126. The largest absolute Gasteiger partial charge is 0.508 e. The molecule has 0 fully saturated rings. The second-order valence-electron chi connectivity index (χ2n) is 6.87. The highest BCUT2D eigenvalue weighted by Gasteiger charge is 2.25. The summed E-state index contributed by atoms with van der Waals surface area (Å²) in [6.45, 7) is 1.28. The highest BCUT2D eigenvalue weighted by molar-refractivity contribution is 5.89. The summed E-state index contributed by atoms with van der Waals surface area (Å²) in [4.78, 5) is 28.1. The Morgan fingerprint density at radius 2 is 1.89 bits per heavy atom. The molecule has 2 aromatic carbocycles. The van der Waals surface area contributed by atoms with Gasteiger partial charge in [-0.25, -0.2) is 4.39 Å². The molecule has 0 radical (unpaired) electrons. The number of anilines is 2. The van der Waals surface area contributed by atoms with Gasteiger partial charge < -0.3 is 26.0 Å². The average molecular weight is 386 g/mol. The fourth-order valence-electron chi connectivity index (χ4n) is 3.25. The third-order valence-electron chi connectivity index (χ3n) is 4.78. The van der Waals surface area contributed by atoms with Gasteiger partial charge in [-0.2, -0.15) is 0 Å². The van der Waals surface area contributed by atoms with Crippen LogP contribution in [0.2, 0.25) is 0 Å². The lowest BCUT2D eigenvalue weighted by Crippen LogP contribution is -2.50. The van der Waals surface area contributed by atoms with Gasteiger partial charge in [0, 0.05) is 26.6 Å². The van der Waals surface area contributed by atoms with E-state index in [4.69, 9.17) is 5.73 Å². The molecule has 148 valence electrons. The molecule has 2 aromatic rings. The molecule has 8 heteroatoms. The monoisotopic (exact) mass is 386 g/mol. The summed E-state index contributed by atoms with van der Waals surface area (Å²) in [7, 11) is 1.87. The lowest BCUT2D eigenvalue weighted by atomic mass is 10.1. The Labute approximate surface area is 162 Å². The van der Waals surface area contributed by atoms with Crippen LogP contribution in [0.3, 0.4) is 0 Å². The van der Waals surface area contributed by atoms with Crippen molar-refractivity contribution in [3.8, 4) is 5.75 Å². The summed E-state index contributed by atoms with van der Waals surface area (Å²) >= 11 is 0. The molecular formula is C20H23FN4O3. The third-order valence-corrected chi connectivity index (χ3v) is 4.78. The van der Waals surface area contributed by atoms with E-state index in [1.807, 2.05) is 16.8 Å². The maximum absolute atomic E-state index is 13.6. The number of amides is 2. The minimum absolute atomic E-state index is 0.0336. The molecule has 0 spiro atoms. The van der Waals surface area contributed by atoms with Gasteiger partial charge in [0.05, 0.1) is 17.9 Å². The van der Waals surface area contributed by atoms with E-state index in [9.17, 15) is 19.1 Å². The summed E-state index contributed by atoms with van der Waals surface area (Å²) in [6, 6.07) is 9.94. The number of fused-ring (bicyclic) bond motifs is 1. The molecule has 0 unspecified atom stereocenters. The summed E-state index contributed by atoms with van der Waals surface area (Å²) < 4.78 is 13.6. The molecule has 4 N–H and O–H groups in total. The first-order valence-corrected chi connectivity index (χ1v) is 8.95. The van der Waals surface area contributed by atoms with Crippen molar-refractivity contribution < 1.29 is 19.1 Å². The van der Waals surface area contributed by atoms with Crippen molar-refractivity contribution in [2.24, 2.45) is 5.73 Å². The minimum Gasteiger partial charge on any atom is -0.508 e. The first-order chi connectivity index (χ1) is 13.3. The molecule has 2 amide bonds. The Morgan fingerprint density at radius 3 is 2.57 bits per heavy atom. The van der Waals surface area contributed by atoms with Gasteiger partial charge in [0.1, 0.15) is 17.6 Å². The quantitative estimate of drug-likeness (QED) is 0.688. The van der Waals surface area contributed by atoms with Crippen molar-refractivity contribution in [3.05, 3.63) is 53.8 Å². The number of hydrogen-bond acceptors (Lipinski definition) is 5. The van der Waals surface area contributed by atoms with E-state index in [0.29, 0.717) is 13.1 Å². The number of primary amides is 1. The van der Waals surface area contributed by atoms with Crippen LogP contribution in [0, 0.1) is 5.82 Å². The maximum Gasteiger partial charge on any atom is 0.240 e. The molecule has 1 aliphatic heterocycles. The summed E-state index contributed by atoms with van der Waals surface area (Å²) in [5.41, 5.74) is 7.69. The van der Waals surface area contributed by atoms with E-state index in [-0.39, 0.29) is 30.4 Å². The normalized spacial score (nSPS) is 14.4. The SMILES string of the molecule is CN1CCN(CC(=O)N[C@@H](Cc2ccc(O)cc2)C(N)=O)c2ccc(F)cc21. The smallest absolute Gasteiger partial charge is 0.240 e. The molecule has 28 heavy (non-hydrogen) atoms. The van der Waals surface area contributed by atoms with Crippen LogP contribution in [0.25, 0.3) is 0 Å². The zero-order valence-corrected chi connectivity index (χ0v) is 15.6. The third kappa shape index (κ3) is 4.51. The van der Waals surface area contributed by atoms with Crippen LogP contribution >= 0.6 is 0 Å². The summed E-state index contributed by atoms with van der Waals surface area (Å²) in [5.74, 6) is -1.20. The van der Waals surface area contributed by atoms with Crippen LogP contribution in [0.4, 0.5) is 15.8 Å². The zero-order valence-electron chi connectivity index (χ0n) is 15.6. The number of phenolic OH excluding ortho intramolecular Hbond substituents is 1. The Hall–Kier alpha value is -3.29. The fourth-order valence-corrected chi connectivity index (χ4v) is 3.25. The molecule has 0 aromatic heterocycles. The van der Waals surface area contributed by atoms with Gasteiger partial charge in [-0.15, -0.1) is 0 Å². The van der Waals surface area contributed by atoms with Crippen LogP contribution in [0.5, 0.6) is 5.75 Å². The van der Waals surface area contributed by atoms with Gasteiger partial charge in [-0.05, 0) is 35.9 Å². The number of rotatable bonds is 6. The molecule has 1 aliphatic rings. The van der Waals surface area contributed by atoms with E-state index < -0.39 is 11.9 Å². The van der Waals surface area contributed by atoms with Gasteiger partial charge in [0.15, 0.2) is 0 Å². The van der Waals surface area contributed by atoms with Crippen LogP contribution in [0.1, 0.15) is 5.56 Å². The first kappa shape index (κ1) is 19.5. The van der Waals surface area contributed by atoms with E-state index >= 15 is 0 Å². The average Bonchev–Trinajstić information content (AvgIpc) is 2.65. The molecule has 7 nitrogen and oxygen atoms in total. The lowest BCUT2D eigenvalue weighted by Gasteiger charge is -2.36. The topological polar surface area (TPSA) is 98.9 Å². The predicted octanol–water partition coefficient (Wildman–Crippen LogP) is 1.00. The van der Waals surface area contributed by atoms with Crippen LogP contribution < -0.4 is 20.9 Å². The molecule has 1 heterocycles. The van der Waals surface area contributed by atoms with Crippen molar-refractivity contribution in [1.29, 1.82) is 0 Å². The Kier molecular flexibility index (Phi) is 5.67. The van der Waals surface area contributed by atoms with Crippen LogP contribution in [-0.4, -0.2) is 49.6 Å². The first-order valence-electron chi connectivity index (χ1n) is 8.95. The number of carbonyl (C=O) groups excluding carboxylic acids is 2. The number of benzene rings is 2. The van der Waals surface area contributed by atoms with Crippen molar-refractivity contribution in [1.82, 2.24) is 5.32 Å². The maximum atomic E-state index is 13.6. The Morgan fingerprint density at radius 1 is 1.18 bits per heavy atom. The van der Waals surface area contributed by atoms with Crippen molar-refractivity contribution in [3.63, 3.8) is 0 Å². The fraction of sp³-hybridized carbons (Fsp3) is 0.300. The molecule has 0 saturated heterocycles. The number of nitrogens with two attached hydrogens (primary N) is 1. The second-order valence-corrected chi connectivity index (χ2v) is 6.87. The number of nitrogens with one attached hydrogen (secondary N) is 1. The predicted molar refractivity (Wildman–Crippen MR) is 105 cm³/mol. The molecule has 0 aliphatic carbocycles. The number of aromatic hydroxyl groups is 1. The van der Waals surface area contributed by atoms with Gasteiger partial charge in [0.2, 0.25) is 11.8 Å². The molecule has 3 rings (SSSR count). The van der Waals surface area contributed by atoms with E-state index in [1.54, 1.807) is 18.2 Å². The highest BCUT2D eigenvalue weighted by atomic mass is 19.1. The zero-order chi connectivity index (χ0) is 20.3. The van der Waals surface area contributed by atoms with Crippen LogP contribution in [0.15, 0.2) is 42.5 Å². The van der Waals surface area contributed by atoms with Gasteiger partial charge in [-0.1, -0.05) is 12.1 Å². The number of phenols is 1. The van der Waals surface area contributed by atoms with Crippen molar-refractivity contribution >= 4 is 23.2 Å². The number of halogens is 1. The van der Waals surface area contributed by atoms with Gasteiger partial charge >= 0.3 is 0 Å². The van der Waals surface area contributed by atoms with Crippen molar-refractivity contribution in [2.45, 2.75) is 12.5 Å². The molecule has 1 atom stereocenters. The number of nitrogens with zero attached hydrogens (tertiary/aromatic N) is 2. The molecular weight excluding hydrogens is 363 g/mol. The van der Waals surface area contributed by atoms with E-state index in [1.165, 1.54) is 24.3 Å². The van der Waals surface area contributed by atoms with Crippen LogP contribution in [-0.2, 0) is 16.0 Å². The Balaban J connectivity index is 1.67. The van der Waals surface area contributed by atoms with E-state index in [2.05, 4.69) is 5.32 Å². The standard InChI is InChI=1S/C20H23FN4O3/c1-24-8-9-25(17-7-4-14(21)11-18(17)24)12-19(27)23-16(20(22)28)10-13-2-5-15(26)6-3-13/h2-7,11,16,26H,8-10,12H2,1H3,(H2,22,28)(H,23,27)/t16-/m0/s1. The summed E-state index contributed by atoms with van der Waals surface area (Å²) in [5, 5.41) is 12.0. The number of likely N-dealkylation sites (N-methyl/N-ethyl adjacent to an activating group) is 1. The van der Waals surface area contributed by atoms with Gasteiger partial charge in [0.25, 0.3) is 0 Å². The Bertz CT molecular complexity index is 872. The number of hydrogen-bond donors (Lipinski definition) is 3. The van der Waals surface area contributed by atoms with Gasteiger partial charge in [-0.3, -0.25) is 9.59 Å². The summed E-state index contributed by atoms with van der Waals surface area (Å²) in [6.07, 6.45) is 0.228. The second kappa shape index (κ2) is 8.16. The van der Waals surface area contributed by atoms with E-state index in [0.717, 1.165) is 16.9 Å². The number of carbonyl (C=O) groups is 2. The highest BCUT2D eigenvalue weighted by Crippen LogP contribution is 2.32. The van der Waals surface area contributed by atoms with Crippen molar-refractivity contribution in [2.75, 3.05) is 36.5 Å².